The summed E-state index contributed by atoms with van der Waals surface area (Å²) in [4.78, 5) is 4.86. The summed E-state index contributed by atoms with van der Waals surface area (Å²) in [7, 11) is 2.18. The van der Waals surface area contributed by atoms with Crippen LogP contribution in [0.3, 0.4) is 0 Å². The molecular weight excluding hydrogens is 336 g/mol. The lowest BCUT2D eigenvalue weighted by molar-refractivity contribution is 0.148. The number of halogens is 2. The molecule has 0 aliphatic carbocycles. The van der Waals surface area contributed by atoms with Crippen molar-refractivity contribution in [3.63, 3.8) is 0 Å². The molecule has 6 heteroatoms. The minimum absolute atomic E-state index is 0.887. The SMILES string of the molecule is CN1CCN(CCn2nc(Br)cc2Br)CC1. The molecule has 2 heterocycles. The van der Waals surface area contributed by atoms with E-state index < -0.39 is 0 Å². The van der Waals surface area contributed by atoms with Crippen molar-refractivity contribution in [1.82, 2.24) is 19.6 Å². The molecule has 0 saturated carbocycles. The second-order valence-electron chi connectivity index (χ2n) is 4.16. The van der Waals surface area contributed by atoms with Crippen molar-refractivity contribution < 1.29 is 0 Å². The molecule has 90 valence electrons. The normalized spacial score (nSPS) is 19.2. The van der Waals surface area contributed by atoms with E-state index in [4.69, 9.17) is 0 Å². The highest BCUT2D eigenvalue weighted by atomic mass is 79.9. The third-order valence-electron chi connectivity index (χ3n) is 2.92. The zero-order chi connectivity index (χ0) is 11.5. The molecule has 1 aliphatic heterocycles. The number of nitrogens with zero attached hydrogens (tertiary/aromatic N) is 4. The molecule has 1 aliphatic rings. The summed E-state index contributed by atoms with van der Waals surface area (Å²) in [6.45, 7) is 6.68. The molecule has 0 spiro atoms. The van der Waals surface area contributed by atoms with Crippen LogP contribution in [0.2, 0.25) is 0 Å². The first-order valence-electron chi connectivity index (χ1n) is 5.45. The maximum Gasteiger partial charge on any atom is 0.129 e. The average Bonchev–Trinajstić information content (AvgIpc) is 2.57. The second kappa shape index (κ2) is 5.62. The molecule has 1 aromatic rings. The van der Waals surface area contributed by atoms with Crippen LogP contribution in [0.1, 0.15) is 0 Å². The van der Waals surface area contributed by atoms with Crippen molar-refractivity contribution in [2.75, 3.05) is 39.8 Å². The van der Waals surface area contributed by atoms with E-state index in [1.54, 1.807) is 0 Å². The first-order valence-corrected chi connectivity index (χ1v) is 7.03. The molecule has 0 N–H and O–H groups in total. The molecule has 0 radical (unpaired) electrons. The predicted molar refractivity (Wildman–Crippen MR) is 71.6 cm³/mol. The van der Waals surface area contributed by atoms with Crippen LogP contribution in [0.25, 0.3) is 0 Å². The average molecular weight is 352 g/mol. The van der Waals surface area contributed by atoms with Crippen molar-refractivity contribution in [1.29, 1.82) is 0 Å². The van der Waals surface area contributed by atoms with Gasteiger partial charge in [0.2, 0.25) is 0 Å². The summed E-state index contributed by atoms with van der Waals surface area (Å²) in [5.74, 6) is 0. The van der Waals surface area contributed by atoms with E-state index in [1.165, 1.54) is 13.1 Å². The number of hydrogen-bond donors (Lipinski definition) is 0. The summed E-state index contributed by atoms with van der Waals surface area (Å²) in [6, 6.07) is 1.98. The summed E-state index contributed by atoms with van der Waals surface area (Å²) in [6.07, 6.45) is 0. The van der Waals surface area contributed by atoms with Gasteiger partial charge in [0.05, 0.1) is 6.54 Å². The van der Waals surface area contributed by atoms with Crippen molar-refractivity contribution in [2.24, 2.45) is 0 Å². The highest BCUT2D eigenvalue weighted by Crippen LogP contribution is 2.16. The minimum atomic E-state index is 0.887. The van der Waals surface area contributed by atoms with E-state index in [-0.39, 0.29) is 0 Å². The van der Waals surface area contributed by atoms with Gasteiger partial charge in [-0.15, -0.1) is 0 Å². The molecule has 2 rings (SSSR count). The number of aromatic nitrogens is 2. The van der Waals surface area contributed by atoms with Crippen molar-refractivity contribution in [3.05, 3.63) is 15.3 Å². The number of rotatable bonds is 3. The van der Waals surface area contributed by atoms with Crippen molar-refractivity contribution >= 4 is 31.9 Å². The molecule has 0 bridgehead atoms. The fraction of sp³-hybridized carbons (Fsp3) is 0.700. The third-order valence-corrected chi connectivity index (χ3v) is 3.95. The molecule has 0 atom stereocenters. The van der Waals surface area contributed by atoms with E-state index >= 15 is 0 Å². The fourth-order valence-electron chi connectivity index (χ4n) is 1.83. The predicted octanol–water partition coefficient (Wildman–Crippen LogP) is 1.66. The zero-order valence-corrected chi connectivity index (χ0v) is 12.5. The zero-order valence-electron chi connectivity index (χ0n) is 9.36. The van der Waals surface area contributed by atoms with Gasteiger partial charge in [-0.05, 0) is 38.9 Å². The monoisotopic (exact) mass is 350 g/mol. The molecule has 1 aromatic heterocycles. The highest BCUT2D eigenvalue weighted by Gasteiger charge is 2.13. The van der Waals surface area contributed by atoms with Gasteiger partial charge in [-0.2, -0.15) is 5.10 Å². The van der Waals surface area contributed by atoms with Gasteiger partial charge in [-0.25, -0.2) is 0 Å². The molecule has 0 amide bonds. The number of hydrogen-bond acceptors (Lipinski definition) is 3. The Morgan fingerprint density at radius 1 is 1.19 bits per heavy atom. The van der Waals surface area contributed by atoms with Crippen LogP contribution in [0, 0.1) is 0 Å². The summed E-state index contributed by atoms with van der Waals surface area (Å²) >= 11 is 6.87. The number of likely N-dealkylation sites (N-methyl/N-ethyl adjacent to an activating group) is 1. The maximum atomic E-state index is 4.36. The first kappa shape index (κ1) is 12.5. The van der Waals surface area contributed by atoms with Crippen LogP contribution in [-0.2, 0) is 6.54 Å². The lowest BCUT2D eigenvalue weighted by atomic mass is 10.3. The Balaban J connectivity index is 1.81. The Hall–Kier alpha value is 0.0900. The van der Waals surface area contributed by atoms with Gasteiger partial charge in [0.15, 0.2) is 0 Å². The Morgan fingerprint density at radius 2 is 1.88 bits per heavy atom. The number of piperazine rings is 1. The van der Waals surface area contributed by atoms with Gasteiger partial charge in [-0.1, -0.05) is 0 Å². The van der Waals surface area contributed by atoms with Crippen LogP contribution in [0.5, 0.6) is 0 Å². The minimum Gasteiger partial charge on any atom is -0.304 e. The standard InChI is InChI=1S/C10H16Br2N4/c1-14-2-4-15(5-3-14)6-7-16-10(12)8-9(11)13-16/h8H,2-7H2,1H3. The Labute approximate surface area is 113 Å². The van der Waals surface area contributed by atoms with Crippen molar-refractivity contribution in [3.8, 4) is 0 Å². The molecule has 1 saturated heterocycles. The van der Waals surface area contributed by atoms with Gasteiger partial charge in [0, 0.05) is 38.8 Å². The Morgan fingerprint density at radius 3 is 2.44 bits per heavy atom. The Bertz CT molecular complexity index is 345. The van der Waals surface area contributed by atoms with Gasteiger partial charge in [0.25, 0.3) is 0 Å². The van der Waals surface area contributed by atoms with E-state index in [1.807, 2.05) is 10.7 Å². The molecule has 4 nitrogen and oxygen atoms in total. The van der Waals surface area contributed by atoms with E-state index in [9.17, 15) is 0 Å². The second-order valence-corrected chi connectivity index (χ2v) is 5.78. The quantitative estimate of drug-likeness (QED) is 0.827. The highest BCUT2D eigenvalue weighted by molar-refractivity contribution is 9.11. The van der Waals surface area contributed by atoms with Gasteiger partial charge in [-0.3, -0.25) is 9.58 Å². The summed E-state index contributed by atoms with van der Waals surface area (Å²) < 4.78 is 3.91. The maximum absolute atomic E-state index is 4.36. The van der Waals surface area contributed by atoms with E-state index in [0.717, 1.165) is 35.4 Å². The van der Waals surface area contributed by atoms with Gasteiger partial charge >= 0.3 is 0 Å². The Kier molecular flexibility index (Phi) is 4.41. The summed E-state index contributed by atoms with van der Waals surface area (Å²) in [5, 5.41) is 4.36. The van der Waals surface area contributed by atoms with Crippen LogP contribution in [0.15, 0.2) is 15.3 Å². The molecule has 0 unspecified atom stereocenters. The van der Waals surface area contributed by atoms with Gasteiger partial charge in [0.1, 0.15) is 9.21 Å². The third kappa shape index (κ3) is 3.29. The van der Waals surface area contributed by atoms with E-state index in [0.29, 0.717) is 0 Å². The fourth-order valence-corrected chi connectivity index (χ4v) is 3.02. The van der Waals surface area contributed by atoms with Crippen LogP contribution >= 0.6 is 31.9 Å². The van der Waals surface area contributed by atoms with Crippen molar-refractivity contribution in [2.45, 2.75) is 6.54 Å². The van der Waals surface area contributed by atoms with Crippen LogP contribution in [-0.4, -0.2) is 59.4 Å². The topological polar surface area (TPSA) is 24.3 Å². The molecular formula is C10H16Br2N4. The lowest BCUT2D eigenvalue weighted by Gasteiger charge is -2.32. The van der Waals surface area contributed by atoms with Gasteiger partial charge < -0.3 is 4.90 Å². The summed E-state index contributed by atoms with van der Waals surface area (Å²) in [5.41, 5.74) is 0. The largest absolute Gasteiger partial charge is 0.304 e. The smallest absolute Gasteiger partial charge is 0.129 e. The van der Waals surface area contributed by atoms with Crippen LogP contribution < -0.4 is 0 Å². The van der Waals surface area contributed by atoms with Crippen LogP contribution in [0.4, 0.5) is 0 Å². The lowest BCUT2D eigenvalue weighted by Crippen LogP contribution is -2.45. The first-order chi connectivity index (χ1) is 7.65. The van der Waals surface area contributed by atoms with E-state index in [2.05, 4.69) is 53.8 Å². The molecule has 16 heavy (non-hydrogen) atoms. The molecule has 1 fully saturated rings. The molecule has 0 aromatic carbocycles.